The number of aliphatic carboxylic acids is 1. The first-order chi connectivity index (χ1) is 8.04. The zero-order valence-electron chi connectivity index (χ0n) is 10.3. The molecule has 0 atom stereocenters. The summed E-state index contributed by atoms with van der Waals surface area (Å²) >= 11 is 0. The molecule has 0 radical (unpaired) electrons. The van der Waals surface area contributed by atoms with E-state index in [0.717, 1.165) is 16.7 Å². The minimum absolute atomic E-state index is 0.265. The maximum Gasteiger partial charge on any atom is 0.347 e. The summed E-state index contributed by atoms with van der Waals surface area (Å²) in [6.07, 6.45) is 1.39. The normalized spacial score (nSPS) is 9.82. The topological polar surface area (TPSA) is 54.4 Å². The van der Waals surface area contributed by atoms with Gasteiger partial charge in [0, 0.05) is 5.56 Å². The van der Waals surface area contributed by atoms with Crippen LogP contribution in [0.1, 0.15) is 36.1 Å². The number of carbonyl (C=O) groups is 1. The summed E-state index contributed by atoms with van der Waals surface area (Å²) in [4.78, 5) is 21.9. The van der Waals surface area contributed by atoms with Gasteiger partial charge in [-0.2, -0.15) is 0 Å². The lowest BCUT2D eigenvalue weighted by atomic mass is 9.90. The second kappa shape index (κ2) is 5.46. The van der Waals surface area contributed by atoms with E-state index >= 15 is 0 Å². The molecule has 1 N–H and O–H groups in total. The first-order valence-corrected chi connectivity index (χ1v) is 5.66. The van der Waals surface area contributed by atoms with Crippen LogP contribution >= 0.6 is 0 Å². The quantitative estimate of drug-likeness (QED) is 0.640. The van der Waals surface area contributed by atoms with Crippen LogP contribution in [-0.2, 0) is 22.4 Å². The Bertz CT molecular complexity index is 469. The molecule has 0 aliphatic carbocycles. The molecule has 0 unspecified atom stereocenters. The van der Waals surface area contributed by atoms with E-state index < -0.39 is 5.97 Å². The van der Waals surface area contributed by atoms with Crippen LogP contribution in [0.2, 0.25) is 0 Å². The molecule has 3 heteroatoms. The van der Waals surface area contributed by atoms with Gasteiger partial charge < -0.3 is 5.11 Å². The highest BCUT2D eigenvalue weighted by Gasteiger charge is 2.18. The molecule has 90 valence electrons. The summed E-state index contributed by atoms with van der Waals surface area (Å²) in [6, 6.07) is 3.85. The Kier molecular flexibility index (Phi) is 4.24. The number of carbonyl (C=O) groups excluding carboxylic acids is 1. The van der Waals surface area contributed by atoms with Crippen LogP contribution in [0.15, 0.2) is 12.1 Å². The summed E-state index contributed by atoms with van der Waals surface area (Å²) in [6.45, 7) is 5.86. The molecule has 3 nitrogen and oxygen atoms in total. The van der Waals surface area contributed by atoms with Crippen LogP contribution in [0.25, 0.3) is 5.57 Å². The lowest BCUT2D eigenvalue weighted by Gasteiger charge is -2.13. The van der Waals surface area contributed by atoms with Crippen LogP contribution in [0.5, 0.6) is 0 Å². The lowest BCUT2D eigenvalue weighted by Crippen LogP contribution is -2.07. The average molecular weight is 232 g/mol. The molecule has 0 aliphatic rings. The number of hydrogen-bond acceptors (Lipinski definition) is 2. The summed E-state index contributed by atoms with van der Waals surface area (Å²) in [5.74, 6) is 0.339. The SMILES string of the molecule is CCc1cc(C)cc(CC)c1C(=C=O)C(=O)O. The third-order valence-electron chi connectivity index (χ3n) is 2.77. The monoisotopic (exact) mass is 232 g/mol. The summed E-state index contributed by atoms with van der Waals surface area (Å²) in [7, 11) is 0. The van der Waals surface area contributed by atoms with Gasteiger partial charge in [0.25, 0.3) is 0 Å². The molecule has 0 saturated heterocycles. The minimum Gasteiger partial charge on any atom is -0.477 e. The van der Waals surface area contributed by atoms with E-state index in [1.54, 1.807) is 5.94 Å². The van der Waals surface area contributed by atoms with Gasteiger partial charge in [0.2, 0.25) is 0 Å². The van der Waals surface area contributed by atoms with Crippen molar-refractivity contribution in [2.45, 2.75) is 33.6 Å². The predicted molar refractivity (Wildman–Crippen MR) is 66.7 cm³/mol. The van der Waals surface area contributed by atoms with Crippen molar-refractivity contribution < 1.29 is 14.7 Å². The van der Waals surface area contributed by atoms with Gasteiger partial charge >= 0.3 is 5.97 Å². The summed E-state index contributed by atoms with van der Waals surface area (Å²) in [5.41, 5.74) is 3.14. The molecule has 0 heterocycles. The second-order valence-corrected chi connectivity index (χ2v) is 3.95. The molecular formula is C14H16O3. The molecule has 0 aromatic heterocycles. The Balaban J connectivity index is 3.59. The van der Waals surface area contributed by atoms with Crippen molar-refractivity contribution in [2.75, 3.05) is 0 Å². The van der Waals surface area contributed by atoms with Gasteiger partial charge in [0.15, 0.2) is 5.57 Å². The first-order valence-electron chi connectivity index (χ1n) is 5.66. The predicted octanol–water partition coefficient (Wildman–Crippen LogP) is 2.42. The fraction of sp³-hybridized carbons (Fsp3) is 0.357. The maximum absolute atomic E-state index is 11.1. The van der Waals surface area contributed by atoms with Crippen molar-refractivity contribution in [3.05, 3.63) is 34.4 Å². The Morgan fingerprint density at radius 3 is 2.00 bits per heavy atom. The molecule has 0 fully saturated rings. The smallest absolute Gasteiger partial charge is 0.347 e. The minimum atomic E-state index is -1.21. The molecule has 0 aliphatic heterocycles. The Morgan fingerprint density at radius 2 is 1.71 bits per heavy atom. The van der Waals surface area contributed by atoms with Crippen LogP contribution < -0.4 is 0 Å². The maximum atomic E-state index is 11.1. The van der Waals surface area contributed by atoms with Crippen LogP contribution in [0, 0.1) is 6.92 Å². The van der Waals surface area contributed by atoms with Crippen LogP contribution in [-0.4, -0.2) is 17.0 Å². The molecule has 0 spiro atoms. The summed E-state index contributed by atoms with van der Waals surface area (Å²) < 4.78 is 0. The molecule has 1 aromatic rings. The Morgan fingerprint density at radius 1 is 1.24 bits per heavy atom. The van der Waals surface area contributed by atoms with E-state index in [1.807, 2.05) is 32.9 Å². The van der Waals surface area contributed by atoms with E-state index in [4.69, 9.17) is 5.11 Å². The van der Waals surface area contributed by atoms with Crippen molar-refractivity contribution in [3.63, 3.8) is 0 Å². The largest absolute Gasteiger partial charge is 0.477 e. The van der Waals surface area contributed by atoms with Crippen molar-refractivity contribution in [3.8, 4) is 0 Å². The lowest BCUT2D eigenvalue weighted by molar-refractivity contribution is -0.130. The van der Waals surface area contributed by atoms with Crippen molar-refractivity contribution >= 4 is 17.5 Å². The summed E-state index contributed by atoms with van der Waals surface area (Å²) in [5, 5.41) is 9.04. The molecular weight excluding hydrogens is 216 g/mol. The number of carboxylic acids is 1. The Hall–Kier alpha value is -1.86. The number of carboxylic acid groups (broad SMARTS) is 1. The molecule has 17 heavy (non-hydrogen) atoms. The average Bonchev–Trinajstić information content (AvgIpc) is 2.30. The van der Waals surface area contributed by atoms with Crippen molar-refractivity contribution in [1.29, 1.82) is 0 Å². The van der Waals surface area contributed by atoms with Gasteiger partial charge in [-0.1, -0.05) is 31.5 Å². The van der Waals surface area contributed by atoms with Gasteiger partial charge in [-0.3, -0.25) is 0 Å². The molecule has 1 rings (SSSR count). The molecule has 0 bridgehead atoms. The number of benzene rings is 1. The van der Waals surface area contributed by atoms with Gasteiger partial charge in [0.1, 0.15) is 5.94 Å². The van der Waals surface area contributed by atoms with E-state index in [1.165, 1.54) is 0 Å². The fourth-order valence-electron chi connectivity index (χ4n) is 2.02. The third-order valence-corrected chi connectivity index (χ3v) is 2.77. The highest BCUT2D eigenvalue weighted by Crippen LogP contribution is 2.25. The highest BCUT2D eigenvalue weighted by atomic mass is 16.4. The zero-order chi connectivity index (χ0) is 13.0. The van der Waals surface area contributed by atoms with Gasteiger partial charge in [0.05, 0.1) is 0 Å². The first kappa shape index (κ1) is 13.2. The van der Waals surface area contributed by atoms with Crippen LogP contribution in [0.4, 0.5) is 0 Å². The van der Waals surface area contributed by atoms with Gasteiger partial charge in [-0.25, -0.2) is 9.59 Å². The van der Waals surface area contributed by atoms with Crippen molar-refractivity contribution in [1.82, 2.24) is 0 Å². The number of aryl methyl sites for hydroxylation is 3. The van der Waals surface area contributed by atoms with Crippen LogP contribution in [0.3, 0.4) is 0 Å². The zero-order valence-corrected chi connectivity index (χ0v) is 10.3. The van der Waals surface area contributed by atoms with E-state index in [0.29, 0.717) is 18.4 Å². The second-order valence-electron chi connectivity index (χ2n) is 3.95. The van der Waals surface area contributed by atoms with Gasteiger partial charge in [-0.15, -0.1) is 0 Å². The van der Waals surface area contributed by atoms with E-state index in [9.17, 15) is 9.59 Å². The number of hydrogen-bond donors (Lipinski definition) is 1. The Labute approximate surface area is 101 Å². The third kappa shape index (κ3) is 2.63. The fourth-order valence-corrected chi connectivity index (χ4v) is 2.02. The van der Waals surface area contributed by atoms with Crippen molar-refractivity contribution in [2.24, 2.45) is 0 Å². The van der Waals surface area contributed by atoms with E-state index in [2.05, 4.69) is 0 Å². The van der Waals surface area contributed by atoms with Gasteiger partial charge in [-0.05, 0) is 30.9 Å². The van der Waals surface area contributed by atoms with E-state index in [-0.39, 0.29) is 5.57 Å². The number of rotatable bonds is 4. The molecule has 1 aromatic carbocycles. The highest BCUT2D eigenvalue weighted by molar-refractivity contribution is 6.25. The standard InChI is InChI=1S/C14H16O3/c1-4-10-6-9(3)7-11(5-2)13(10)12(8-15)14(16)17/h6-7H,4-5H2,1-3H3,(H,16,17). The molecule has 0 saturated carbocycles. The molecule has 0 amide bonds.